The average molecular weight is 949 g/mol. The molecular formula is C54H68N4O7S2. The van der Waals surface area contributed by atoms with Crippen LogP contribution in [0.4, 0.5) is 5.82 Å². The summed E-state index contributed by atoms with van der Waals surface area (Å²) in [4.78, 5) is 62.8. The van der Waals surface area contributed by atoms with Gasteiger partial charge in [0.2, 0.25) is 0 Å². The van der Waals surface area contributed by atoms with Gasteiger partial charge in [-0.1, -0.05) is 92.7 Å². The summed E-state index contributed by atoms with van der Waals surface area (Å²) < 4.78 is 13.2. The molecule has 5 heterocycles. The quantitative estimate of drug-likeness (QED) is 0.123. The molecule has 2 amide bonds. The minimum Gasteiger partial charge on any atom is -0.427 e. The Morgan fingerprint density at radius 3 is 2.45 bits per heavy atom. The number of amides is 2. The van der Waals surface area contributed by atoms with Crippen molar-refractivity contribution in [2.45, 2.75) is 153 Å². The van der Waals surface area contributed by atoms with Gasteiger partial charge in [-0.2, -0.15) is 0 Å². The van der Waals surface area contributed by atoms with Crippen LogP contribution in [0.3, 0.4) is 0 Å². The molecule has 5 fully saturated rings. The van der Waals surface area contributed by atoms with Crippen LogP contribution in [0.25, 0.3) is 0 Å². The van der Waals surface area contributed by atoms with Crippen molar-refractivity contribution in [3.8, 4) is 0 Å². The number of aliphatic hydroxyl groups is 1. The van der Waals surface area contributed by atoms with Crippen molar-refractivity contribution >= 4 is 51.2 Å². The number of aliphatic hydroxyl groups excluding tert-OH is 1. The summed E-state index contributed by atoms with van der Waals surface area (Å²) in [5, 5.41) is 19.1. The van der Waals surface area contributed by atoms with Gasteiger partial charge in [0.05, 0.1) is 28.3 Å². The van der Waals surface area contributed by atoms with E-state index >= 15 is 4.79 Å². The van der Waals surface area contributed by atoms with Gasteiger partial charge in [-0.05, 0) is 135 Å². The van der Waals surface area contributed by atoms with Gasteiger partial charge < -0.3 is 25.2 Å². The average Bonchev–Trinajstić information content (AvgIpc) is 4.12. The Balaban J connectivity index is 1.07. The molecule has 7 bridgehead atoms. The second-order valence-corrected chi connectivity index (χ2v) is 24.1. The highest BCUT2D eigenvalue weighted by molar-refractivity contribution is 8.76. The summed E-state index contributed by atoms with van der Waals surface area (Å²) in [6.45, 7) is 2.87. The third-order valence-corrected chi connectivity index (χ3v) is 20.9. The number of imide groups is 1. The van der Waals surface area contributed by atoms with Crippen molar-refractivity contribution in [2.24, 2.45) is 46.3 Å². The zero-order valence-electron chi connectivity index (χ0n) is 39.1. The Bertz CT molecular complexity index is 2300. The number of anilines is 1. The highest BCUT2D eigenvalue weighted by atomic mass is 33.1. The van der Waals surface area contributed by atoms with Crippen LogP contribution in [0.15, 0.2) is 76.4 Å². The normalized spacial score (nSPS) is 35.1. The van der Waals surface area contributed by atoms with Crippen molar-refractivity contribution in [3.63, 3.8) is 0 Å². The van der Waals surface area contributed by atoms with Crippen LogP contribution in [0.1, 0.15) is 147 Å². The van der Waals surface area contributed by atoms with Crippen molar-refractivity contribution in [1.29, 1.82) is 0 Å². The number of nitrogens with one attached hydrogen (secondary N) is 2. The lowest BCUT2D eigenvalue weighted by atomic mass is 9.43. The van der Waals surface area contributed by atoms with E-state index in [9.17, 15) is 19.5 Å². The molecule has 11 aliphatic rings. The highest BCUT2D eigenvalue weighted by Crippen LogP contribution is 2.72. The number of pyridine rings is 1. The molecule has 1 spiro atoms. The van der Waals surface area contributed by atoms with Gasteiger partial charge in [0.25, 0.3) is 11.8 Å². The SMILES string of the molecule is CCC1(/C=C2\OC(=O)C3=C2CC[C@H]2[C@@H]4CC[C@@]5(C6=C4[C@@H](CN4C(=O)C=CC4=O)c4ccnc(c4)NCSS[C@@H](NC[C@H](O)C4CCCCC4)[C@H](C4CCCCC4)C/C=C\5OC6=O)[C@@H]32)CCCC1. The molecular weight excluding hydrogens is 881 g/mol. The second-order valence-electron chi connectivity index (χ2n) is 21.6. The summed E-state index contributed by atoms with van der Waals surface area (Å²) >= 11 is 0. The van der Waals surface area contributed by atoms with E-state index in [-0.39, 0.29) is 64.8 Å². The van der Waals surface area contributed by atoms with Gasteiger partial charge in [-0.25, -0.2) is 14.6 Å². The molecule has 3 N–H and O–H groups in total. The van der Waals surface area contributed by atoms with E-state index in [4.69, 9.17) is 14.5 Å². The Labute approximate surface area is 403 Å². The molecule has 12 rings (SSSR count). The summed E-state index contributed by atoms with van der Waals surface area (Å²) in [7, 11) is 3.57. The third-order valence-electron chi connectivity index (χ3n) is 18.4. The topological polar surface area (TPSA) is 147 Å². The molecule has 4 aliphatic heterocycles. The lowest BCUT2D eigenvalue weighted by molar-refractivity contribution is -0.137. The Morgan fingerprint density at radius 1 is 0.925 bits per heavy atom. The number of nitrogens with zero attached hydrogens (tertiary/aromatic N) is 2. The first kappa shape index (κ1) is 45.8. The Kier molecular flexibility index (Phi) is 12.9. The monoisotopic (exact) mass is 948 g/mol. The third kappa shape index (κ3) is 8.21. The van der Waals surface area contributed by atoms with Gasteiger partial charge in [-0.15, -0.1) is 0 Å². The van der Waals surface area contributed by atoms with E-state index in [0.29, 0.717) is 54.2 Å². The molecule has 1 aromatic heterocycles. The summed E-state index contributed by atoms with van der Waals surface area (Å²) in [6, 6.07) is 3.99. The van der Waals surface area contributed by atoms with Crippen LogP contribution in [-0.2, 0) is 28.7 Å². The smallest absolute Gasteiger partial charge is 0.340 e. The molecule has 1 saturated heterocycles. The number of esters is 2. The zero-order valence-corrected chi connectivity index (χ0v) is 40.7. The maximum atomic E-state index is 15.2. The van der Waals surface area contributed by atoms with Crippen molar-refractivity contribution in [2.75, 3.05) is 24.3 Å². The number of allylic oxidation sites excluding steroid dienone is 4. The first-order valence-corrected chi connectivity index (χ1v) is 28.3. The van der Waals surface area contributed by atoms with Crippen molar-refractivity contribution in [3.05, 3.63) is 82.0 Å². The number of carbonyl (C=O) groups excluding carboxylic acids is 4. The van der Waals surface area contributed by atoms with Crippen LogP contribution in [0.2, 0.25) is 0 Å². The van der Waals surface area contributed by atoms with Crippen molar-refractivity contribution < 1.29 is 33.8 Å². The van der Waals surface area contributed by atoms with Crippen LogP contribution in [0.5, 0.6) is 0 Å². The van der Waals surface area contributed by atoms with E-state index in [0.717, 1.165) is 92.3 Å². The zero-order chi connectivity index (χ0) is 45.9. The van der Waals surface area contributed by atoms with Crippen LogP contribution < -0.4 is 10.6 Å². The van der Waals surface area contributed by atoms with Crippen molar-refractivity contribution in [1.82, 2.24) is 15.2 Å². The molecule has 13 heteroatoms. The number of hydrogen-bond donors (Lipinski definition) is 3. The van der Waals surface area contributed by atoms with E-state index in [1.54, 1.807) is 17.0 Å². The van der Waals surface area contributed by atoms with Crippen LogP contribution in [-0.4, -0.2) is 69.2 Å². The number of rotatable bonds is 9. The molecule has 7 aliphatic carbocycles. The molecule has 67 heavy (non-hydrogen) atoms. The number of ether oxygens (including phenoxy) is 2. The Morgan fingerprint density at radius 2 is 1.69 bits per heavy atom. The fourth-order valence-corrected chi connectivity index (χ4v) is 17.5. The van der Waals surface area contributed by atoms with Gasteiger partial charge in [-0.3, -0.25) is 14.5 Å². The summed E-state index contributed by atoms with van der Waals surface area (Å²) in [5.41, 5.74) is 3.29. The van der Waals surface area contributed by atoms with E-state index in [1.807, 2.05) is 22.9 Å². The summed E-state index contributed by atoms with van der Waals surface area (Å²) in [6.07, 6.45) is 29.4. The molecule has 0 unspecified atom stereocenters. The molecule has 0 radical (unpaired) electrons. The highest BCUT2D eigenvalue weighted by Gasteiger charge is 2.69. The predicted octanol–water partition coefficient (Wildman–Crippen LogP) is 10.2. The van der Waals surface area contributed by atoms with Crippen LogP contribution >= 0.6 is 21.6 Å². The summed E-state index contributed by atoms with van der Waals surface area (Å²) in [5.74, 6) is 1.37. The number of carbonyl (C=O) groups is 4. The maximum absolute atomic E-state index is 15.2. The number of hydrogen-bond acceptors (Lipinski definition) is 12. The fourth-order valence-electron chi connectivity index (χ4n) is 15.0. The van der Waals surface area contributed by atoms with Crippen LogP contribution in [0, 0.1) is 46.3 Å². The van der Waals surface area contributed by atoms with E-state index in [2.05, 4.69) is 29.7 Å². The van der Waals surface area contributed by atoms with Gasteiger partial charge >= 0.3 is 11.9 Å². The lowest BCUT2D eigenvalue weighted by Gasteiger charge is -2.57. The standard InChI is InChI=1S/C54H68N4O7S2/c1-2-53(23-9-10-24-53)28-41-38-16-15-37-36-21-25-54(48(37)47(38)51(62)64-41)42-18-17-35(32-11-5-3-6-12-32)50(56-29-40(59)33-13-7-4-8-14-33)67-66-31-57-43-27-34(22-26-55-43)39(46(36)49(54)52(63)65-42)30-58-44(60)19-20-45(58)61/h18-20,22,26-28,32-33,35-37,39-40,48,50,56,59H,2-17,21,23-25,29-31H2,1H3,(H,55,57)/b41-28-,42-18+/t35-,36-,37-,39-,40-,48+,50+,54-/m0/s1. The maximum Gasteiger partial charge on any atom is 0.340 e. The predicted molar refractivity (Wildman–Crippen MR) is 261 cm³/mol. The lowest BCUT2D eigenvalue weighted by Crippen LogP contribution is -2.53. The van der Waals surface area contributed by atoms with Gasteiger partial charge in [0, 0.05) is 54.4 Å². The first-order chi connectivity index (χ1) is 32.7. The number of fused-ring (bicyclic) bond motifs is 3. The molecule has 358 valence electrons. The molecule has 4 saturated carbocycles. The van der Waals surface area contributed by atoms with Gasteiger partial charge in [0.1, 0.15) is 17.3 Å². The van der Waals surface area contributed by atoms with Gasteiger partial charge in [0.15, 0.2) is 0 Å². The minimum atomic E-state index is -0.920. The second kappa shape index (κ2) is 18.9. The number of aromatic nitrogens is 1. The first-order valence-electron chi connectivity index (χ1n) is 26.0. The Hall–Kier alpha value is -3.65. The molecule has 1 aromatic rings. The molecule has 11 nitrogen and oxygen atoms in total. The number of cyclic esters (lactones) is 1. The minimum absolute atomic E-state index is 0.0170. The largest absolute Gasteiger partial charge is 0.427 e. The molecule has 8 atom stereocenters. The van der Waals surface area contributed by atoms with E-state index in [1.165, 1.54) is 68.4 Å². The molecule has 0 aromatic carbocycles. The van der Waals surface area contributed by atoms with E-state index < -0.39 is 17.4 Å². The fraction of sp³-hybridized carbons (Fsp3) is 0.648.